The second-order valence-corrected chi connectivity index (χ2v) is 6.15. The summed E-state index contributed by atoms with van der Waals surface area (Å²) < 4.78 is 10.2. The van der Waals surface area contributed by atoms with Gasteiger partial charge in [0.1, 0.15) is 5.75 Å². The van der Waals surface area contributed by atoms with Gasteiger partial charge in [0.25, 0.3) is 5.91 Å². The third-order valence-corrected chi connectivity index (χ3v) is 4.05. The van der Waals surface area contributed by atoms with Crippen LogP contribution >= 0.6 is 0 Å². The third-order valence-electron chi connectivity index (χ3n) is 4.05. The average Bonchev–Trinajstić information content (AvgIpc) is 3.08. The van der Waals surface area contributed by atoms with E-state index in [-0.39, 0.29) is 25.0 Å². The molecule has 0 aromatic heterocycles. The highest BCUT2D eigenvalue weighted by Crippen LogP contribution is 2.23. The van der Waals surface area contributed by atoms with Gasteiger partial charge in [0.05, 0.1) is 0 Å². The first-order chi connectivity index (χ1) is 12.6. The van der Waals surface area contributed by atoms with Crippen LogP contribution < -0.4 is 15.0 Å². The van der Waals surface area contributed by atoms with Crippen LogP contribution in [0.2, 0.25) is 0 Å². The molecule has 1 aromatic rings. The van der Waals surface area contributed by atoms with E-state index in [4.69, 9.17) is 9.47 Å². The summed E-state index contributed by atoms with van der Waals surface area (Å²) in [5.74, 6) is -0.293. The van der Waals surface area contributed by atoms with Crippen LogP contribution in [0.5, 0.6) is 5.75 Å². The van der Waals surface area contributed by atoms with E-state index in [2.05, 4.69) is 12.2 Å². The molecule has 1 N–H and O–H groups in total. The lowest BCUT2D eigenvalue weighted by atomic mass is 10.2. The highest BCUT2D eigenvalue weighted by Gasteiger charge is 2.21. The van der Waals surface area contributed by atoms with Gasteiger partial charge in [0.2, 0.25) is 5.91 Å². The molecule has 2 amide bonds. The summed E-state index contributed by atoms with van der Waals surface area (Å²) in [6.07, 6.45) is 4.50. The molecule has 7 nitrogen and oxygen atoms in total. The molecule has 26 heavy (non-hydrogen) atoms. The number of anilines is 1. The molecule has 2 rings (SSSR count). The molecule has 0 saturated carbocycles. The Morgan fingerprint density at radius 2 is 1.92 bits per heavy atom. The Morgan fingerprint density at radius 3 is 2.58 bits per heavy atom. The number of nitrogens with one attached hydrogen (secondary N) is 1. The first-order valence-corrected chi connectivity index (χ1v) is 9.05. The second kappa shape index (κ2) is 10.4. The zero-order chi connectivity index (χ0) is 18.8. The predicted octanol–water partition coefficient (Wildman–Crippen LogP) is 2.04. The van der Waals surface area contributed by atoms with Crippen molar-refractivity contribution in [2.75, 3.05) is 31.2 Å². The Bertz CT molecular complexity index is 615. The number of benzene rings is 1. The molecular formula is C19H26N2O5. The van der Waals surface area contributed by atoms with Gasteiger partial charge in [-0.05, 0) is 37.1 Å². The third kappa shape index (κ3) is 6.38. The van der Waals surface area contributed by atoms with Gasteiger partial charge < -0.3 is 19.7 Å². The zero-order valence-corrected chi connectivity index (χ0v) is 15.2. The number of unbranched alkanes of at least 4 members (excludes halogenated alkanes) is 2. The molecule has 0 spiro atoms. The van der Waals surface area contributed by atoms with Crippen LogP contribution in [0.15, 0.2) is 24.3 Å². The van der Waals surface area contributed by atoms with Gasteiger partial charge in [0, 0.05) is 25.2 Å². The van der Waals surface area contributed by atoms with Gasteiger partial charge >= 0.3 is 5.97 Å². The minimum atomic E-state index is -0.604. The molecule has 0 unspecified atom stereocenters. The van der Waals surface area contributed by atoms with Crippen molar-refractivity contribution >= 4 is 23.5 Å². The molecule has 7 heteroatoms. The average molecular weight is 362 g/mol. The molecule has 0 aliphatic carbocycles. The van der Waals surface area contributed by atoms with E-state index >= 15 is 0 Å². The summed E-state index contributed by atoms with van der Waals surface area (Å²) in [6, 6.07) is 6.98. The molecule has 1 aliphatic rings. The molecule has 1 fully saturated rings. The van der Waals surface area contributed by atoms with Gasteiger partial charge in [0.15, 0.2) is 13.2 Å². The SMILES string of the molecule is CCCCCNC(=O)COC(=O)COc1ccc(N2CCCC2=O)cc1. The fraction of sp³-hybridized carbons (Fsp3) is 0.526. The van der Waals surface area contributed by atoms with E-state index in [0.29, 0.717) is 18.7 Å². The molecule has 1 aliphatic heterocycles. The maximum atomic E-state index is 11.7. The number of carbonyl (C=O) groups is 3. The maximum Gasteiger partial charge on any atom is 0.344 e. The smallest absolute Gasteiger partial charge is 0.344 e. The summed E-state index contributed by atoms with van der Waals surface area (Å²) in [5, 5.41) is 2.69. The van der Waals surface area contributed by atoms with Crippen molar-refractivity contribution in [2.45, 2.75) is 39.0 Å². The lowest BCUT2D eigenvalue weighted by Gasteiger charge is -2.16. The number of amides is 2. The lowest BCUT2D eigenvalue weighted by molar-refractivity contribution is -0.150. The van der Waals surface area contributed by atoms with Crippen LogP contribution in [0.3, 0.4) is 0 Å². The minimum Gasteiger partial charge on any atom is -0.482 e. The first kappa shape index (κ1) is 19.8. The molecule has 0 bridgehead atoms. The second-order valence-electron chi connectivity index (χ2n) is 6.15. The molecule has 0 radical (unpaired) electrons. The van der Waals surface area contributed by atoms with Gasteiger partial charge in [-0.1, -0.05) is 19.8 Å². The molecule has 1 heterocycles. The van der Waals surface area contributed by atoms with Gasteiger partial charge in [-0.3, -0.25) is 9.59 Å². The number of rotatable bonds is 10. The molecule has 1 saturated heterocycles. The van der Waals surface area contributed by atoms with Crippen LogP contribution in [-0.4, -0.2) is 44.1 Å². The van der Waals surface area contributed by atoms with Crippen molar-refractivity contribution in [2.24, 2.45) is 0 Å². The number of hydrogen-bond acceptors (Lipinski definition) is 5. The van der Waals surface area contributed by atoms with E-state index < -0.39 is 5.97 Å². The van der Waals surface area contributed by atoms with Crippen LogP contribution in [0.25, 0.3) is 0 Å². The zero-order valence-electron chi connectivity index (χ0n) is 15.2. The number of ether oxygens (including phenoxy) is 2. The molecule has 1 aromatic carbocycles. The molecular weight excluding hydrogens is 336 g/mol. The van der Waals surface area contributed by atoms with Crippen molar-refractivity contribution < 1.29 is 23.9 Å². The van der Waals surface area contributed by atoms with Crippen LogP contribution in [0.4, 0.5) is 5.69 Å². The fourth-order valence-corrected chi connectivity index (χ4v) is 2.63. The number of esters is 1. The highest BCUT2D eigenvalue weighted by molar-refractivity contribution is 5.95. The number of nitrogens with zero attached hydrogens (tertiary/aromatic N) is 1. The highest BCUT2D eigenvalue weighted by atomic mass is 16.6. The van der Waals surface area contributed by atoms with Crippen molar-refractivity contribution in [3.63, 3.8) is 0 Å². The van der Waals surface area contributed by atoms with Crippen LogP contribution in [-0.2, 0) is 19.1 Å². The molecule has 142 valence electrons. The van der Waals surface area contributed by atoms with Crippen molar-refractivity contribution in [3.05, 3.63) is 24.3 Å². The van der Waals surface area contributed by atoms with Crippen LogP contribution in [0, 0.1) is 0 Å². The number of carbonyl (C=O) groups excluding carboxylic acids is 3. The van der Waals surface area contributed by atoms with E-state index in [1.165, 1.54) is 0 Å². The lowest BCUT2D eigenvalue weighted by Crippen LogP contribution is -2.30. The summed E-state index contributed by atoms with van der Waals surface area (Å²) in [6.45, 7) is 2.83. The maximum absolute atomic E-state index is 11.7. The fourth-order valence-electron chi connectivity index (χ4n) is 2.63. The van der Waals surface area contributed by atoms with Gasteiger partial charge in [-0.2, -0.15) is 0 Å². The topological polar surface area (TPSA) is 84.9 Å². The van der Waals surface area contributed by atoms with Crippen LogP contribution in [0.1, 0.15) is 39.0 Å². The minimum absolute atomic E-state index is 0.121. The van der Waals surface area contributed by atoms with Crippen molar-refractivity contribution in [1.29, 1.82) is 0 Å². The monoisotopic (exact) mass is 362 g/mol. The Kier molecular flexibility index (Phi) is 7.92. The quantitative estimate of drug-likeness (QED) is 0.509. The Morgan fingerprint density at radius 1 is 1.15 bits per heavy atom. The van der Waals surface area contributed by atoms with Crippen molar-refractivity contribution in [1.82, 2.24) is 5.32 Å². The Hall–Kier alpha value is -2.57. The van der Waals surface area contributed by atoms with Crippen molar-refractivity contribution in [3.8, 4) is 5.75 Å². The van der Waals surface area contributed by atoms with E-state index in [1.54, 1.807) is 29.2 Å². The first-order valence-electron chi connectivity index (χ1n) is 9.05. The largest absolute Gasteiger partial charge is 0.482 e. The summed E-state index contributed by atoms with van der Waals surface area (Å²) >= 11 is 0. The van der Waals surface area contributed by atoms with Gasteiger partial charge in [-0.15, -0.1) is 0 Å². The summed E-state index contributed by atoms with van der Waals surface area (Å²) in [5.41, 5.74) is 0.821. The Balaban J connectivity index is 1.65. The normalized spacial score (nSPS) is 13.6. The molecule has 0 atom stereocenters. The number of hydrogen-bond donors (Lipinski definition) is 1. The predicted molar refractivity (Wildman–Crippen MR) is 97.0 cm³/mol. The van der Waals surface area contributed by atoms with E-state index in [9.17, 15) is 14.4 Å². The standard InChI is InChI=1S/C19H26N2O5/c1-2-3-4-11-20-17(22)13-26-19(24)14-25-16-9-7-15(8-10-16)21-12-5-6-18(21)23/h7-10H,2-6,11-14H2,1H3,(H,20,22). The van der Waals surface area contributed by atoms with Gasteiger partial charge in [-0.25, -0.2) is 4.79 Å². The van der Waals surface area contributed by atoms with E-state index in [1.807, 2.05) is 0 Å². The van der Waals surface area contributed by atoms with E-state index in [0.717, 1.165) is 37.9 Å². The summed E-state index contributed by atoms with van der Waals surface area (Å²) in [4.78, 5) is 36.6. The Labute approximate surface area is 153 Å². The summed E-state index contributed by atoms with van der Waals surface area (Å²) in [7, 11) is 0.